The number of fused-ring (bicyclic) bond motifs is 5. The number of aromatic nitrogens is 4. The first-order valence-corrected chi connectivity index (χ1v) is 9.20. The maximum absolute atomic E-state index is 12.9. The third-order valence-electron chi connectivity index (χ3n) is 5.47. The molecule has 5 heterocycles. The van der Waals surface area contributed by atoms with Crippen LogP contribution in [0.1, 0.15) is 34.1 Å². The van der Waals surface area contributed by atoms with Crippen molar-refractivity contribution in [2.45, 2.75) is 25.4 Å². The van der Waals surface area contributed by atoms with Crippen molar-refractivity contribution in [2.24, 2.45) is 5.92 Å². The van der Waals surface area contributed by atoms with Crippen LogP contribution in [0, 0.1) is 5.92 Å². The summed E-state index contributed by atoms with van der Waals surface area (Å²) >= 11 is 0. The van der Waals surface area contributed by atoms with Crippen LogP contribution in [0.5, 0.6) is 0 Å². The summed E-state index contributed by atoms with van der Waals surface area (Å²) < 4.78 is 3.59. The highest BCUT2D eigenvalue weighted by molar-refractivity contribution is 5.93. The molecule has 10 heteroatoms. The summed E-state index contributed by atoms with van der Waals surface area (Å²) in [6.45, 7) is 2.75. The van der Waals surface area contributed by atoms with Gasteiger partial charge in [-0.1, -0.05) is 0 Å². The average Bonchev–Trinajstić information content (AvgIpc) is 3.10. The maximum Gasteiger partial charge on any atom is 0.263 e. The summed E-state index contributed by atoms with van der Waals surface area (Å²) in [5.41, 5.74) is 1.72. The number of imidazole rings is 1. The van der Waals surface area contributed by atoms with Gasteiger partial charge in [-0.3, -0.25) is 14.0 Å². The van der Waals surface area contributed by atoms with Gasteiger partial charge in [0.25, 0.3) is 11.5 Å². The van der Waals surface area contributed by atoms with Crippen molar-refractivity contribution >= 4 is 36.5 Å². The van der Waals surface area contributed by atoms with Gasteiger partial charge in [-0.2, -0.15) is 0 Å². The molecule has 2 N–H and O–H groups in total. The summed E-state index contributed by atoms with van der Waals surface area (Å²) in [7, 11) is 0. The third-order valence-corrected chi connectivity index (χ3v) is 5.47. The molecule has 2 atom stereocenters. The molecular formula is C19H22Cl2N6O2. The molecule has 0 unspecified atom stereocenters. The highest BCUT2D eigenvalue weighted by Crippen LogP contribution is 2.31. The van der Waals surface area contributed by atoms with E-state index < -0.39 is 0 Å². The van der Waals surface area contributed by atoms with Gasteiger partial charge in [-0.15, -0.1) is 24.8 Å². The van der Waals surface area contributed by atoms with E-state index in [0.717, 1.165) is 25.2 Å². The molecule has 2 bridgehead atoms. The second kappa shape index (κ2) is 8.52. The molecule has 0 radical (unpaired) electrons. The molecule has 0 aliphatic carbocycles. The Morgan fingerprint density at radius 2 is 2.14 bits per heavy atom. The van der Waals surface area contributed by atoms with Crippen LogP contribution in [0.15, 0.2) is 41.6 Å². The number of carbonyl (C=O) groups excluding carboxylic acids is 1. The van der Waals surface area contributed by atoms with Crippen molar-refractivity contribution in [3.8, 4) is 0 Å². The number of hydrogen-bond donors (Lipinski definition) is 2. The number of hydrogen-bond acceptors (Lipinski definition) is 5. The van der Waals surface area contributed by atoms with E-state index in [-0.39, 0.29) is 48.4 Å². The Kier molecular flexibility index (Phi) is 6.26. The molecule has 2 aliphatic rings. The fraction of sp³-hybridized carbons (Fsp3) is 0.368. The number of pyridine rings is 1. The van der Waals surface area contributed by atoms with Crippen molar-refractivity contribution in [2.75, 3.05) is 13.1 Å². The summed E-state index contributed by atoms with van der Waals surface area (Å²) in [5, 5.41) is 6.23. The monoisotopic (exact) mass is 436 g/mol. The van der Waals surface area contributed by atoms with Gasteiger partial charge < -0.3 is 15.2 Å². The smallest absolute Gasteiger partial charge is 0.263 e. The van der Waals surface area contributed by atoms with Gasteiger partial charge in [0, 0.05) is 43.3 Å². The molecule has 5 rings (SSSR count). The minimum Gasteiger partial charge on any atom is -0.346 e. The zero-order chi connectivity index (χ0) is 18.4. The first kappa shape index (κ1) is 21.3. The molecule has 0 aromatic carbocycles. The van der Waals surface area contributed by atoms with Gasteiger partial charge in [0.05, 0.1) is 12.2 Å². The van der Waals surface area contributed by atoms with E-state index in [1.807, 2.05) is 24.5 Å². The maximum atomic E-state index is 12.9. The zero-order valence-electron chi connectivity index (χ0n) is 15.6. The van der Waals surface area contributed by atoms with E-state index in [2.05, 4.69) is 20.6 Å². The highest BCUT2D eigenvalue weighted by Gasteiger charge is 2.31. The molecule has 0 spiro atoms. The molecule has 1 saturated heterocycles. The second-order valence-electron chi connectivity index (χ2n) is 7.29. The number of nitrogens with zero attached hydrogens (tertiary/aromatic N) is 4. The number of piperidine rings is 1. The Hall–Kier alpha value is -2.42. The molecule has 2 aliphatic heterocycles. The lowest BCUT2D eigenvalue weighted by atomic mass is 9.84. The van der Waals surface area contributed by atoms with Crippen LogP contribution in [0.3, 0.4) is 0 Å². The zero-order valence-corrected chi connectivity index (χ0v) is 17.2. The van der Waals surface area contributed by atoms with E-state index in [1.165, 1.54) is 0 Å². The number of carbonyl (C=O) groups is 1. The van der Waals surface area contributed by atoms with E-state index in [0.29, 0.717) is 29.9 Å². The number of rotatable bonds is 3. The largest absolute Gasteiger partial charge is 0.346 e. The van der Waals surface area contributed by atoms with E-state index >= 15 is 0 Å². The van der Waals surface area contributed by atoms with Crippen molar-refractivity contribution in [1.82, 2.24) is 29.6 Å². The number of amides is 1. The van der Waals surface area contributed by atoms with Gasteiger partial charge >= 0.3 is 0 Å². The Balaban J connectivity index is 0.00000120. The molecule has 8 nitrogen and oxygen atoms in total. The molecule has 29 heavy (non-hydrogen) atoms. The molecular weight excluding hydrogens is 415 g/mol. The molecule has 3 aromatic rings. The van der Waals surface area contributed by atoms with Crippen molar-refractivity contribution in [3.63, 3.8) is 0 Å². The minimum atomic E-state index is -0.367. The van der Waals surface area contributed by atoms with Gasteiger partial charge in [-0.05, 0) is 37.1 Å². The van der Waals surface area contributed by atoms with Crippen LogP contribution in [-0.2, 0) is 13.1 Å². The van der Waals surface area contributed by atoms with Gasteiger partial charge in [-0.25, -0.2) is 9.97 Å². The predicted molar refractivity (Wildman–Crippen MR) is 113 cm³/mol. The Morgan fingerprint density at radius 3 is 2.97 bits per heavy atom. The van der Waals surface area contributed by atoms with Gasteiger partial charge in [0.2, 0.25) is 5.78 Å². The third kappa shape index (κ3) is 3.88. The number of halogens is 2. The fourth-order valence-electron chi connectivity index (χ4n) is 4.19. The van der Waals surface area contributed by atoms with Crippen molar-refractivity contribution in [1.29, 1.82) is 0 Å². The Morgan fingerprint density at radius 1 is 1.28 bits per heavy atom. The quantitative estimate of drug-likeness (QED) is 0.646. The highest BCUT2D eigenvalue weighted by atomic mass is 35.5. The number of nitrogens with one attached hydrogen (secondary N) is 2. The van der Waals surface area contributed by atoms with Crippen LogP contribution in [0.4, 0.5) is 0 Å². The molecule has 0 saturated carbocycles. The SMILES string of the molecule is Cl.Cl.O=C(NCc1cn2cccnc2n1)c1ccc2n(c1=O)C[C@@H]1CNC[C@H]2C1. The predicted octanol–water partition coefficient (Wildman–Crippen LogP) is 1.37. The lowest BCUT2D eigenvalue weighted by molar-refractivity contribution is 0.0947. The average molecular weight is 437 g/mol. The molecule has 154 valence electrons. The fourth-order valence-corrected chi connectivity index (χ4v) is 4.19. The van der Waals surface area contributed by atoms with E-state index in [1.54, 1.807) is 21.2 Å². The van der Waals surface area contributed by atoms with Crippen molar-refractivity contribution in [3.05, 3.63) is 64.1 Å². The summed E-state index contributed by atoms with van der Waals surface area (Å²) in [4.78, 5) is 34.0. The minimum absolute atomic E-state index is 0. The molecule has 1 amide bonds. The normalized spacial score (nSPS) is 19.6. The van der Waals surface area contributed by atoms with Crippen LogP contribution in [0.2, 0.25) is 0 Å². The Labute approximate surface area is 179 Å². The summed E-state index contributed by atoms with van der Waals surface area (Å²) in [6, 6.07) is 5.40. The lowest BCUT2D eigenvalue weighted by Gasteiger charge is -2.37. The van der Waals surface area contributed by atoms with Gasteiger partial charge in [0.15, 0.2) is 0 Å². The van der Waals surface area contributed by atoms with E-state index in [9.17, 15) is 9.59 Å². The van der Waals surface area contributed by atoms with E-state index in [4.69, 9.17) is 0 Å². The van der Waals surface area contributed by atoms with Crippen LogP contribution in [0.25, 0.3) is 5.78 Å². The molecule has 1 fully saturated rings. The van der Waals surface area contributed by atoms with Crippen LogP contribution in [-0.4, -0.2) is 37.9 Å². The summed E-state index contributed by atoms with van der Waals surface area (Å²) in [6.07, 6.45) is 6.45. The standard InChI is InChI=1S/C19H20N6O2.2ClH/c26-17(22-9-14-11-24-5-1-4-21-19(24)23-14)15-2-3-16-13-6-12(7-20-8-13)10-25(16)18(15)27;;/h1-5,11-13,20H,6-10H2,(H,22,26);2*1H/t12-,13+;;/m0../s1. The van der Waals surface area contributed by atoms with Gasteiger partial charge in [0.1, 0.15) is 5.56 Å². The second-order valence-corrected chi connectivity index (χ2v) is 7.29. The topological polar surface area (TPSA) is 93.3 Å². The first-order chi connectivity index (χ1) is 13.2. The van der Waals surface area contributed by atoms with Crippen LogP contribution >= 0.6 is 24.8 Å². The Bertz CT molecular complexity index is 1060. The first-order valence-electron chi connectivity index (χ1n) is 9.20. The van der Waals surface area contributed by atoms with Crippen LogP contribution < -0.4 is 16.2 Å². The lowest BCUT2D eigenvalue weighted by Crippen LogP contribution is -2.46. The van der Waals surface area contributed by atoms with Crippen molar-refractivity contribution < 1.29 is 4.79 Å². The molecule has 3 aromatic heterocycles. The summed E-state index contributed by atoms with van der Waals surface area (Å²) in [5.74, 6) is 1.02.